The number of nitrogens with zero attached hydrogens (tertiary/aromatic N) is 2. The maximum Gasteiger partial charge on any atom is 0.262 e. The summed E-state index contributed by atoms with van der Waals surface area (Å²) in [5.41, 5.74) is 11.3. The Morgan fingerprint density at radius 2 is 1.33 bits per heavy atom. The second-order valence-electron chi connectivity index (χ2n) is 9.87. The van der Waals surface area contributed by atoms with E-state index in [1.54, 1.807) is 29.2 Å². The van der Waals surface area contributed by atoms with Gasteiger partial charge in [0, 0.05) is 24.2 Å². The maximum atomic E-state index is 12.5. The van der Waals surface area contributed by atoms with Crippen molar-refractivity contribution in [3.05, 3.63) is 83.1 Å². The third-order valence-corrected chi connectivity index (χ3v) is 7.46. The molecule has 6 rings (SSSR count). The third-order valence-electron chi connectivity index (χ3n) is 7.46. The Labute approximate surface area is 244 Å². The normalized spacial score (nSPS) is 22.4. The summed E-state index contributed by atoms with van der Waals surface area (Å²) in [5, 5.41) is 4.92. The fraction of sp³-hybridized carbons (Fsp3) is 0.333. The van der Waals surface area contributed by atoms with Crippen LogP contribution in [0.1, 0.15) is 69.2 Å². The van der Waals surface area contributed by atoms with Crippen molar-refractivity contribution in [3.63, 3.8) is 0 Å². The second kappa shape index (κ2) is 13.3. The van der Waals surface area contributed by atoms with Gasteiger partial charge in [-0.1, -0.05) is 36.9 Å². The molecule has 0 aromatic heterocycles. The van der Waals surface area contributed by atoms with E-state index in [0.717, 1.165) is 16.2 Å². The second-order valence-corrected chi connectivity index (χ2v) is 9.87. The van der Waals surface area contributed by atoms with E-state index < -0.39 is 29.3 Å². The highest BCUT2D eigenvalue weighted by Gasteiger charge is 2.47. The first kappa shape index (κ1) is 31.8. The van der Waals surface area contributed by atoms with Crippen LogP contribution < -0.4 is 22.1 Å². The molecule has 2 fully saturated rings. The number of rotatable bonds is 2. The van der Waals surface area contributed by atoms with Crippen LogP contribution in [0.2, 0.25) is 0 Å². The van der Waals surface area contributed by atoms with E-state index in [9.17, 15) is 28.8 Å². The molecule has 4 aliphatic rings. The van der Waals surface area contributed by atoms with Gasteiger partial charge in [-0.2, -0.15) is 0 Å². The van der Waals surface area contributed by atoms with Gasteiger partial charge in [-0.05, 0) is 64.0 Å². The van der Waals surface area contributed by atoms with E-state index in [-0.39, 0.29) is 30.6 Å². The fourth-order valence-corrected chi connectivity index (χ4v) is 5.20. The monoisotopic (exact) mass is 576 g/mol. The molecule has 2 aromatic rings. The van der Waals surface area contributed by atoms with Crippen LogP contribution in [-0.2, 0) is 20.9 Å². The predicted octanol–water partition coefficient (Wildman–Crippen LogP) is 1.06. The number of nitrogens with one attached hydrogen (secondary N) is 2. The van der Waals surface area contributed by atoms with E-state index in [1.807, 2.05) is 31.2 Å². The molecule has 4 aliphatic heterocycles. The first-order valence-electron chi connectivity index (χ1n) is 13.5. The molecule has 6 N–H and O–H groups in total. The minimum Gasteiger partial charge on any atom is -0.333 e. The van der Waals surface area contributed by atoms with Gasteiger partial charge in [0.1, 0.15) is 11.6 Å². The number of carbonyl (C=O) groups is 6. The van der Waals surface area contributed by atoms with E-state index in [1.165, 1.54) is 14.1 Å². The Morgan fingerprint density at radius 1 is 0.786 bits per heavy atom. The van der Waals surface area contributed by atoms with Crippen molar-refractivity contribution < 1.29 is 28.8 Å². The highest BCUT2D eigenvalue weighted by Crippen LogP contribution is 2.35. The molecule has 42 heavy (non-hydrogen) atoms. The van der Waals surface area contributed by atoms with Gasteiger partial charge in [0.05, 0.1) is 11.1 Å². The highest BCUT2D eigenvalue weighted by molar-refractivity contribution is 6.23. The van der Waals surface area contributed by atoms with Gasteiger partial charge in [-0.15, -0.1) is 0 Å². The summed E-state index contributed by atoms with van der Waals surface area (Å²) in [4.78, 5) is 74.5. The van der Waals surface area contributed by atoms with Crippen molar-refractivity contribution in [1.29, 1.82) is 0 Å². The van der Waals surface area contributed by atoms with Crippen LogP contribution >= 0.6 is 0 Å². The van der Waals surface area contributed by atoms with Crippen LogP contribution in [0.3, 0.4) is 0 Å². The van der Waals surface area contributed by atoms with E-state index >= 15 is 0 Å². The molecule has 2 unspecified atom stereocenters. The van der Waals surface area contributed by atoms with Crippen molar-refractivity contribution in [3.8, 4) is 0 Å². The van der Waals surface area contributed by atoms with Crippen LogP contribution in [0.5, 0.6) is 0 Å². The number of hydrogen-bond donors (Lipinski definition) is 4. The zero-order valence-corrected chi connectivity index (χ0v) is 23.9. The lowest BCUT2D eigenvalue weighted by atomic mass is 9.88. The van der Waals surface area contributed by atoms with E-state index in [2.05, 4.69) is 28.7 Å². The fourth-order valence-electron chi connectivity index (χ4n) is 5.20. The van der Waals surface area contributed by atoms with Crippen LogP contribution in [0.4, 0.5) is 0 Å². The minimum absolute atomic E-state index is 0.0548. The number of benzene rings is 2. The Kier molecular flexibility index (Phi) is 10.1. The standard InChI is InChI=1S/C15H16N2O2.C13H10N2O4.2CH5N/c1-10-7-8-15(2,14(19)16-10)17-9-11-5-3-4-6-12(11)13(17)18;16-10-6-5-9(11(17)14-10)15-12(18)7-3-1-2-4-8(7)13(15)19;2*1-2/h3-6H,1,7-9H2,2H3,(H,16,19);1-4,9H,5-6H2,(H,14,16,17);2*2H2,1H3. The number of carbonyl (C=O) groups excluding carboxylic acids is 6. The SMILES string of the molecule is C=C1CCC(C)(N2Cc3ccccc3C2=O)C(=O)N1.CN.CN.O=C1CCC(N2C(=O)c3ccccc3C2=O)C(=O)N1. The maximum absolute atomic E-state index is 12.5. The molecule has 0 bridgehead atoms. The van der Waals surface area contributed by atoms with Gasteiger partial charge in [-0.25, -0.2) is 0 Å². The molecule has 0 spiro atoms. The molecule has 222 valence electrons. The number of nitrogens with two attached hydrogens (primary N) is 2. The zero-order chi connectivity index (χ0) is 31.2. The van der Waals surface area contributed by atoms with Crippen molar-refractivity contribution in [2.45, 2.75) is 50.7 Å². The first-order valence-corrected chi connectivity index (χ1v) is 13.5. The summed E-state index contributed by atoms with van der Waals surface area (Å²) in [6, 6.07) is 13.1. The minimum atomic E-state index is -0.898. The number of fused-ring (bicyclic) bond motifs is 2. The number of hydrogen-bond acceptors (Lipinski definition) is 8. The largest absolute Gasteiger partial charge is 0.333 e. The van der Waals surface area contributed by atoms with Gasteiger partial charge >= 0.3 is 0 Å². The summed E-state index contributed by atoms with van der Waals surface area (Å²) < 4.78 is 0. The summed E-state index contributed by atoms with van der Waals surface area (Å²) in [6.07, 6.45) is 1.64. The summed E-state index contributed by atoms with van der Waals surface area (Å²) >= 11 is 0. The van der Waals surface area contributed by atoms with Crippen LogP contribution in [-0.4, -0.2) is 70.9 Å². The van der Waals surface area contributed by atoms with Gasteiger partial charge < -0.3 is 21.7 Å². The van der Waals surface area contributed by atoms with Crippen LogP contribution in [0, 0.1) is 0 Å². The smallest absolute Gasteiger partial charge is 0.262 e. The molecule has 0 aliphatic carbocycles. The van der Waals surface area contributed by atoms with Crippen molar-refractivity contribution >= 4 is 35.4 Å². The molecular formula is C30H36N6O6. The molecule has 6 amide bonds. The average molecular weight is 577 g/mol. The highest BCUT2D eigenvalue weighted by atomic mass is 16.2. The van der Waals surface area contributed by atoms with Gasteiger partial charge in [-0.3, -0.25) is 39.0 Å². The Balaban J connectivity index is 0.000000206. The van der Waals surface area contributed by atoms with Crippen LogP contribution in [0.15, 0.2) is 60.8 Å². The molecule has 0 radical (unpaired) electrons. The molecule has 2 atom stereocenters. The first-order chi connectivity index (χ1) is 20.1. The third kappa shape index (κ3) is 5.85. The Hall–Kier alpha value is -4.68. The lowest BCUT2D eigenvalue weighted by Gasteiger charge is -2.40. The van der Waals surface area contributed by atoms with Crippen LogP contribution in [0.25, 0.3) is 0 Å². The number of piperidine rings is 2. The molecule has 2 saturated heterocycles. The number of imide groups is 2. The van der Waals surface area contributed by atoms with E-state index in [0.29, 0.717) is 36.1 Å². The summed E-state index contributed by atoms with van der Waals surface area (Å²) in [7, 11) is 3.00. The molecule has 12 heteroatoms. The summed E-state index contributed by atoms with van der Waals surface area (Å²) in [6.45, 7) is 6.12. The average Bonchev–Trinajstić information content (AvgIpc) is 3.47. The molecule has 0 saturated carbocycles. The quantitative estimate of drug-likeness (QED) is 0.382. The number of allylic oxidation sites excluding steroid dienone is 1. The molecule has 12 nitrogen and oxygen atoms in total. The lowest BCUT2D eigenvalue weighted by Crippen LogP contribution is -2.59. The predicted molar refractivity (Wildman–Crippen MR) is 155 cm³/mol. The van der Waals surface area contributed by atoms with Gasteiger partial charge in [0.2, 0.25) is 17.7 Å². The van der Waals surface area contributed by atoms with Crippen molar-refractivity contribution in [2.75, 3.05) is 14.1 Å². The van der Waals surface area contributed by atoms with Crippen molar-refractivity contribution in [1.82, 2.24) is 20.4 Å². The van der Waals surface area contributed by atoms with Gasteiger partial charge in [0.15, 0.2) is 0 Å². The summed E-state index contributed by atoms with van der Waals surface area (Å²) in [5.74, 6) is -2.11. The Morgan fingerprint density at radius 3 is 1.86 bits per heavy atom. The van der Waals surface area contributed by atoms with Crippen molar-refractivity contribution in [2.24, 2.45) is 11.5 Å². The molecular weight excluding hydrogens is 540 g/mol. The van der Waals surface area contributed by atoms with Gasteiger partial charge in [0.25, 0.3) is 17.7 Å². The lowest BCUT2D eigenvalue weighted by molar-refractivity contribution is -0.136. The number of amides is 6. The zero-order valence-electron chi connectivity index (χ0n) is 23.9. The van der Waals surface area contributed by atoms with E-state index in [4.69, 9.17) is 0 Å². The molecule has 2 aromatic carbocycles. The topological polar surface area (TPSA) is 185 Å². The Bertz CT molecular complexity index is 1400. The molecule has 4 heterocycles.